The van der Waals surface area contributed by atoms with Crippen LogP contribution in [0.3, 0.4) is 0 Å². The second-order valence-electron chi connectivity index (χ2n) is 4.69. The summed E-state index contributed by atoms with van der Waals surface area (Å²) in [6, 6.07) is 0.903. The van der Waals surface area contributed by atoms with E-state index >= 15 is 0 Å². The highest BCUT2D eigenvalue weighted by molar-refractivity contribution is 5.78. The summed E-state index contributed by atoms with van der Waals surface area (Å²) < 4.78 is 0. The molecule has 1 saturated heterocycles. The topological polar surface area (TPSA) is 41.6 Å². The van der Waals surface area contributed by atoms with Crippen molar-refractivity contribution in [2.75, 3.05) is 6.54 Å². The average Bonchev–Trinajstić information content (AvgIpc) is 2.40. The van der Waals surface area contributed by atoms with Gasteiger partial charge in [-0.2, -0.15) is 0 Å². The van der Waals surface area contributed by atoms with Crippen LogP contribution in [-0.2, 0) is 0 Å². The minimum Gasteiger partial charge on any atom is -0.370 e. The zero-order valence-corrected chi connectivity index (χ0v) is 10.4. The van der Waals surface area contributed by atoms with Crippen LogP contribution in [0.5, 0.6) is 0 Å². The first-order valence-electron chi connectivity index (χ1n) is 6.25. The maximum atomic E-state index is 6.06. The molecular weight excluding hydrogens is 186 g/mol. The molecule has 0 aromatic heterocycles. The smallest absolute Gasteiger partial charge is 0.191 e. The Bertz CT molecular complexity index is 211. The average molecular weight is 211 g/mol. The van der Waals surface area contributed by atoms with Gasteiger partial charge < -0.3 is 10.6 Å². The van der Waals surface area contributed by atoms with Crippen molar-refractivity contribution < 1.29 is 0 Å². The molecule has 1 rings (SSSR count). The van der Waals surface area contributed by atoms with Crippen molar-refractivity contribution in [1.82, 2.24) is 4.90 Å². The summed E-state index contributed by atoms with van der Waals surface area (Å²) in [5.74, 6) is 0.749. The molecule has 15 heavy (non-hydrogen) atoms. The van der Waals surface area contributed by atoms with E-state index in [4.69, 9.17) is 5.73 Å². The summed E-state index contributed by atoms with van der Waals surface area (Å²) in [6.07, 6.45) is 6.37. The van der Waals surface area contributed by atoms with Crippen LogP contribution in [0.15, 0.2) is 4.99 Å². The molecule has 1 unspecified atom stereocenters. The molecule has 0 aliphatic carbocycles. The molecule has 1 aliphatic rings. The van der Waals surface area contributed by atoms with Gasteiger partial charge in [-0.25, -0.2) is 0 Å². The monoisotopic (exact) mass is 211 g/mol. The SMILES string of the molecule is CCC1CCCCCN1C(N)=NC(C)C. The summed E-state index contributed by atoms with van der Waals surface area (Å²) in [6.45, 7) is 7.48. The lowest BCUT2D eigenvalue weighted by Crippen LogP contribution is -2.44. The fourth-order valence-corrected chi connectivity index (χ4v) is 2.24. The fourth-order valence-electron chi connectivity index (χ4n) is 2.24. The Hall–Kier alpha value is -0.730. The molecule has 0 bridgehead atoms. The Kier molecular flexibility index (Phi) is 4.92. The Morgan fingerprint density at radius 2 is 2.13 bits per heavy atom. The maximum absolute atomic E-state index is 6.06. The van der Waals surface area contributed by atoms with Crippen LogP contribution in [0.2, 0.25) is 0 Å². The van der Waals surface area contributed by atoms with Gasteiger partial charge in [-0.3, -0.25) is 4.99 Å². The van der Waals surface area contributed by atoms with E-state index in [1.807, 2.05) is 0 Å². The summed E-state index contributed by atoms with van der Waals surface area (Å²) in [5.41, 5.74) is 6.06. The van der Waals surface area contributed by atoms with Crippen molar-refractivity contribution in [3.63, 3.8) is 0 Å². The standard InChI is InChI=1S/C12H25N3/c1-4-11-8-6-5-7-9-15(11)12(13)14-10(2)3/h10-11H,4-9H2,1-3H3,(H2,13,14). The fraction of sp³-hybridized carbons (Fsp3) is 0.917. The van der Waals surface area contributed by atoms with Crippen LogP contribution in [0.1, 0.15) is 52.9 Å². The van der Waals surface area contributed by atoms with Crippen LogP contribution in [0.4, 0.5) is 0 Å². The summed E-state index contributed by atoms with van der Waals surface area (Å²) in [7, 11) is 0. The second kappa shape index (κ2) is 5.99. The van der Waals surface area contributed by atoms with Gasteiger partial charge in [0.05, 0.1) is 0 Å². The Morgan fingerprint density at radius 3 is 2.73 bits per heavy atom. The van der Waals surface area contributed by atoms with Gasteiger partial charge in [-0.15, -0.1) is 0 Å². The molecule has 0 radical (unpaired) electrons. The van der Waals surface area contributed by atoms with Crippen molar-refractivity contribution in [2.45, 2.75) is 65.0 Å². The van der Waals surface area contributed by atoms with E-state index in [2.05, 4.69) is 30.7 Å². The lowest BCUT2D eigenvalue weighted by atomic mass is 10.1. The Balaban J connectivity index is 2.69. The van der Waals surface area contributed by atoms with Crippen LogP contribution in [0.25, 0.3) is 0 Å². The summed E-state index contributed by atoms with van der Waals surface area (Å²) >= 11 is 0. The molecule has 2 N–H and O–H groups in total. The van der Waals surface area contributed by atoms with Crippen molar-refractivity contribution in [3.8, 4) is 0 Å². The number of hydrogen-bond acceptors (Lipinski definition) is 1. The molecule has 0 spiro atoms. The third-order valence-corrected chi connectivity index (χ3v) is 3.03. The van der Waals surface area contributed by atoms with E-state index in [0.717, 1.165) is 12.5 Å². The molecule has 0 amide bonds. The van der Waals surface area contributed by atoms with Gasteiger partial charge >= 0.3 is 0 Å². The molecule has 3 heteroatoms. The summed E-state index contributed by atoms with van der Waals surface area (Å²) in [5, 5.41) is 0. The molecule has 1 atom stereocenters. The molecule has 3 nitrogen and oxygen atoms in total. The second-order valence-corrected chi connectivity index (χ2v) is 4.69. The Morgan fingerprint density at radius 1 is 1.40 bits per heavy atom. The molecule has 1 heterocycles. The first-order chi connectivity index (χ1) is 7.15. The number of nitrogens with two attached hydrogens (primary N) is 1. The normalized spacial score (nSPS) is 24.4. The van der Waals surface area contributed by atoms with Gasteiger partial charge in [0.1, 0.15) is 0 Å². The minimum absolute atomic E-state index is 0.297. The predicted octanol–water partition coefficient (Wildman–Crippen LogP) is 2.36. The van der Waals surface area contributed by atoms with Crippen LogP contribution >= 0.6 is 0 Å². The van der Waals surface area contributed by atoms with Crippen molar-refractivity contribution in [2.24, 2.45) is 10.7 Å². The molecule has 0 aromatic carbocycles. The number of likely N-dealkylation sites (tertiary alicyclic amines) is 1. The largest absolute Gasteiger partial charge is 0.370 e. The number of aliphatic imine (C=N–C) groups is 1. The molecular formula is C12H25N3. The van der Waals surface area contributed by atoms with E-state index in [-0.39, 0.29) is 0 Å². The Labute approximate surface area is 93.7 Å². The van der Waals surface area contributed by atoms with Gasteiger partial charge in [0.2, 0.25) is 0 Å². The number of nitrogens with zero attached hydrogens (tertiary/aromatic N) is 2. The first-order valence-corrected chi connectivity index (χ1v) is 6.25. The van der Waals surface area contributed by atoms with E-state index in [1.165, 1.54) is 32.1 Å². The molecule has 0 aromatic rings. The van der Waals surface area contributed by atoms with Crippen molar-refractivity contribution in [1.29, 1.82) is 0 Å². The molecule has 88 valence electrons. The third kappa shape index (κ3) is 3.73. The maximum Gasteiger partial charge on any atom is 0.191 e. The first kappa shape index (κ1) is 12.3. The van der Waals surface area contributed by atoms with E-state index in [0.29, 0.717) is 12.1 Å². The van der Waals surface area contributed by atoms with Crippen molar-refractivity contribution >= 4 is 5.96 Å². The quantitative estimate of drug-likeness (QED) is 0.563. The van der Waals surface area contributed by atoms with E-state index < -0.39 is 0 Å². The van der Waals surface area contributed by atoms with Gasteiger partial charge in [-0.05, 0) is 33.1 Å². The van der Waals surface area contributed by atoms with Gasteiger partial charge in [0.15, 0.2) is 5.96 Å². The number of guanidine groups is 1. The highest BCUT2D eigenvalue weighted by Gasteiger charge is 2.20. The summed E-state index contributed by atoms with van der Waals surface area (Å²) in [4.78, 5) is 6.77. The van der Waals surface area contributed by atoms with E-state index in [9.17, 15) is 0 Å². The molecule has 0 saturated carbocycles. The van der Waals surface area contributed by atoms with Crippen molar-refractivity contribution in [3.05, 3.63) is 0 Å². The van der Waals surface area contributed by atoms with Gasteiger partial charge in [-0.1, -0.05) is 19.8 Å². The zero-order chi connectivity index (χ0) is 11.3. The highest BCUT2D eigenvalue weighted by Crippen LogP contribution is 2.18. The van der Waals surface area contributed by atoms with E-state index in [1.54, 1.807) is 0 Å². The van der Waals surface area contributed by atoms with Crippen LogP contribution < -0.4 is 5.73 Å². The van der Waals surface area contributed by atoms with Gasteiger partial charge in [0.25, 0.3) is 0 Å². The predicted molar refractivity (Wildman–Crippen MR) is 66.0 cm³/mol. The highest BCUT2D eigenvalue weighted by atomic mass is 15.3. The zero-order valence-electron chi connectivity index (χ0n) is 10.4. The lowest BCUT2D eigenvalue weighted by molar-refractivity contribution is 0.302. The molecule has 1 aliphatic heterocycles. The van der Waals surface area contributed by atoms with Crippen LogP contribution in [-0.4, -0.2) is 29.5 Å². The lowest BCUT2D eigenvalue weighted by Gasteiger charge is -2.30. The van der Waals surface area contributed by atoms with Gasteiger partial charge in [0, 0.05) is 18.6 Å². The van der Waals surface area contributed by atoms with Crippen LogP contribution in [0, 0.1) is 0 Å². The minimum atomic E-state index is 0.297. The third-order valence-electron chi connectivity index (χ3n) is 3.03. The number of hydrogen-bond donors (Lipinski definition) is 1. The number of rotatable bonds is 2. The molecule has 1 fully saturated rings.